The number of hydrogen-bond donors (Lipinski definition) is 1. The van der Waals surface area contributed by atoms with Crippen LogP contribution in [0.2, 0.25) is 0 Å². The zero-order chi connectivity index (χ0) is 19.9. The van der Waals surface area contributed by atoms with E-state index in [4.69, 9.17) is 5.11 Å². The number of nitrogens with zero attached hydrogens (tertiary/aromatic N) is 3. The SMILES string of the molecule is O=C(O)N1CCC2(CC(N3CCC(C4CCCN4CCC(F)(F)F)CC3)C2)C1. The van der Waals surface area contributed by atoms with Crippen LogP contribution in [0.15, 0.2) is 0 Å². The van der Waals surface area contributed by atoms with Gasteiger partial charge in [-0.05, 0) is 75.9 Å². The van der Waals surface area contributed by atoms with Crippen molar-refractivity contribution in [1.82, 2.24) is 14.7 Å². The largest absolute Gasteiger partial charge is 0.465 e. The number of alkyl halides is 3. The lowest BCUT2D eigenvalue weighted by Crippen LogP contribution is -2.55. The molecule has 160 valence electrons. The first kappa shape index (κ1) is 20.3. The molecule has 0 bridgehead atoms. The Morgan fingerprint density at radius 3 is 2.39 bits per heavy atom. The first-order valence-electron chi connectivity index (χ1n) is 10.8. The summed E-state index contributed by atoms with van der Waals surface area (Å²) in [7, 11) is 0. The van der Waals surface area contributed by atoms with Crippen LogP contribution in [0.3, 0.4) is 0 Å². The number of carboxylic acid groups (broad SMARTS) is 1. The minimum atomic E-state index is -4.06. The van der Waals surface area contributed by atoms with Crippen molar-refractivity contribution in [3.05, 3.63) is 0 Å². The van der Waals surface area contributed by atoms with E-state index < -0.39 is 18.7 Å². The monoisotopic (exact) mass is 403 g/mol. The Labute approximate surface area is 164 Å². The summed E-state index contributed by atoms with van der Waals surface area (Å²) in [6, 6.07) is 0.899. The van der Waals surface area contributed by atoms with Gasteiger partial charge in [-0.15, -0.1) is 0 Å². The van der Waals surface area contributed by atoms with E-state index >= 15 is 0 Å². The van der Waals surface area contributed by atoms with Crippen molar-refractivity contribution in [3.63, 3.8) is 0 Å². The summed E-state index contributed by atoms with van der Waals surface area (Å²) in [5.74, 6) is 0.523. The number of rotatable bonds is 4. The second-order valence-corrected chi connectivity index (χ2v) is 9.50. The van der Waals surface area contributed by atoms with Crippen LogP contribution in [-0.4, -0.2) is 83.4 Å². The third-order valence-corrected chi connectivity index (χ3v) is 7.78. The van der Waals surface area contributed by atoms with Gasteiger partial charge in [0.1, 0.15) is 0 Å². The zero-order valence-electron chi connectivity index (χ0n) is 16.5. The van der Waals surface area contributed by atoms with Crippen molar-refractivity contribution < 1.29 is 23.1 Å². The van der Waals surface area contributed by atoms with Gasteiger partial charge in [-0.2, -0.15) is 13.2 Å². The highest BCUT2D eigenvalue weighted by molar-refractivity contribution is 5.65. The van der Waals surface area contributed by atoms with Crippen LogP contribution < -0.4 is 0 Å². The fourth-order valence-corrected chi connectivity index (χ4v) is 6.23. The lowest BCUT2D eigenvalue weighted by Gasteiger charge is -2.52. The smallest absolute Gasteiger partial charge is 0.407 e. The number of halogens is 3. The average molecular weight is 403 g/mol. The van der Waals surface area contributed by atoms with E-state index in [0.29, 0.717) is 31.1 Å². The van der Waals surface area contributed by atoms with Gasteiger partial charge in [0.15, 0.2) is 0 Å². The van der Waals surface area contributed by atoms with Gasteiger partial charge in [-0.25, -0.2) is 4.79 Å². The minimum Gasteiger partial charge on any atom is -0.465 e. The standard InChI is InChI=1S/C20H32F3N3O2/c21-20(22,23)6-11-25-7-1-2-17(25)15-3-8-24(9-4-15)16-12-19(13-16)5-10-26(14-19)18(27)28/h15-17H,1-14H2,(H,27,28). The van der Waals surface area contributed by atoms with E-state index in [-0.39, 0.29) is 12.0 Å². The van der Waals surface area contributed by atoms with Crippen molar-refractivity contribution in [2.45, 2.75) is 69.6 Å². The molecule has 1 unspecified atom stereocenters. The molecule has 3 aliphatic heterocycles. The second kappa shape index (κ2) is 7.67. The lowest BCUT2D eigenvalue weighted by atomic mass is 9.64. The highest BCUT2D eigenvalue weighted by Gasteiger charge is 2.51. The number of piperidine rings is 1. The molecule has 4 fully saturated rings. The van der Waals surface area contributed by atoms with Gasteiger partial charge in [0.25, 0.3) is 0 Å². The Kier molecular flexibility index (Phi) is 5.55. The molecule has 3 heterocycles. The number of carbonyl (C=O) groups is 1. The van der Waals surface area contributed by atoms with Crippen molar-refractivity contribution in [1.29, 1.82) is 0 Å². The average Bonchev–Trinajstić information content (AvgIpc) is 3.25. The van der Waals surface area contributed by atoms with Gasteiger partial charge in [-0.1, -0.05) is 0 Å². The predicted molar refractivity (Wildman–Crippen MR) is 99.2 cm³/mol. The van der Waals surface area contributed by atoms with Crippen molar-refractivity contribution in [2.75, 3.05) is 39.3 Å². The molecule has 1 saturated carbocycles. The van der Waals surface area contributed by atoms with E-state index in [2.05, 4.69) is 9.80 Å². The molecule has 0 radical (unpaired) electrons. The Morgan fingerprint density at radius 2 is 1.79 bits per heavy atom. The van der Waals surface area contributed by atoms with E-state index in [1.807, 2.05) is 0 Å². The number of amides is 1. The minimum absolute atomic E-state index is 0.152. The molecule has 28 heavy (non-hydrogen) atoms. The van der Waals surface area contributed by atoms with Crippen LogP contribution >= 0.6 is 0 Å². The summed E-state index contributed by atoms with van der Waals surface area (Å²) in [5, 5.41) is 9.17. The summed E-state index contributed by atoms with van der Waals surface area (Å²) < 4.78 is 37.8. The van der Waals surface area contributed by atoms with Gasteiger partial charge in [0.05, 0.1) is 6.42 Å². The van der Waals surface area contributed by atoms with Gasteiger partial charge in [0.2, 0.25) is 0 Å². The van der Waals surface area contributed by atoms with Gasteiger partial charge in [-0.3, -0.25) is 4.90 Å². The molecule has 0 aromatic carbocycles. The number of hydrogen-bond acceptors (Lipinski definition) is 3. The number of likely N-dealkylation sites (tertiary alicyclic amines) is 3. The van der Waals surface area contributed by atoms with Crippen LogP contribution in [0.25, 0.3) is 0 Å². The lowest BCUT2D eigenvalue weighted by molar-refractivity contribution is -0.139. The maximum absolute atomic E-state index is 12.6. The molecule has 8 heteroatoms. The molecular formula is C20H32F3N3O2. The third-order valence-electron chi connectivity index (χ3n) is 7.78. The third kappa shape index (κ3) is 4.27. The molecule has 0 aromatic rings. The molecule has 4 rings (SSSR count). The molecule has 1 amide bonds. The van der Waals surface area contributed by atoms with Crippen LogP contribution in [0.5, 0.6) is 0 Å². The normalized spacial score (nSPS) is 35.6. The molecule has 5 nitrogen and oxygen atoms in total. The molecular weight excluding hydrogens is 371 g/mol. The van der Waals surface area contributed by atoms with E-state index in [9.17, 15) is 18.0 Å². The topological polar surface area (TPSA) is 47.0 Å². The molecule has 0 aromatic heterocycles. The van der Waals surface area contributed by atoms with Crippen molar-refractivity contribution in [2.24, 2.45) is 11.3 Å². The van der Waals surface area contributed by atoms with E-state index in [1.165, 1.54) is 0 Å². The first-order valence-corrected chi connectivity index (χ1v) is 10.8. The fourth-order valence-electron chi connectivity index (χ4n) is 6.23. The Balaban J connectivity index is 1.22. The molecule has 1 spiro atoms. The van der Waals surface area contributed by atoms with E-state index in [1.54, 1.807) is 4.90 Å². The highest BCUT2D eigenvalue weighted by atomic mass is 19.4. The van der Waals surface area contributed by atoms with Crippen LogP contribution in [0.1, 0.15) is 51.4 Å². The molecule has 1 atom stereocenters. The van der Waals surface area contributed by atoms with Gasteiger partial charge in [0, 0.05) is 31.7 Å². The highest BCUT2D eigenvalue weighted by Crippen LogP contribution is 2.50. The molecule has 1 N–H and O–H groups in total. The van der Waals surface area contributed by atoms with Gasteiger partial charge < -0.3 is 14.9 Å². The van der Waals surface area contributed by atoms with Crippen molar-refractivity contribution >= 4 is 6.09 Å². The predicted octanol–water partition coefficient (Wildman–Crippen LogP) is 3.65. The summed E-state index contributed by atoms with van der Waals surface area (Å²) in [5.41, 5.74) is 0.208. The summed E-state index contributed by atoms with van der Waals surface area (Å²) in [6.07, 6.45) is 1.86. The Hall–Kier alpha value is -1.02. The maximum atomic E-state index is 12.6. The van der Waals surface area contributed by atoms with E-state index in [0.717, 1.165) is 64.6 Å². The summed E-state index contributed by atoms with van der Waals surface area (Å²) in [4.78, 5) is 17.3. The molecule has 4 aliphatic rings. The second-order valence-electron chi connectivity index (χ2n) is 9.50. The fraction of sp³-hybridized carbons (Fsp3) is 0.950. The molecule has 1 aliphatic carbocycles. The molecule has 3 saturated heterocycles. The van der Waals surface area contributed by atoms with Crippen molar-refractivity contribution in [3.8, 4) is 0 Å². The van der Waals surface area contributed by atoms with Crippen LogP contribution in [0.4, 0.5) is 18.0 Å². The quantitative estimate of drug-likeness (QED) is 0.779. The first-order chi connectivity index (χ1) is 13.2. The van der Waals surface area contributed by atoms with Crippen LogP contribution in [0, 0.1) is 11.3 Å². The van der Waals surface area contributed by atoms with Gasteiger partial charge >= 0.3 is 12.3 Å². The maximum Gasteiger partial charge on any atom is 0.407 e. The van der Waals surface area contributed by atoms with Crippen LogP contribution in [-0.2, 0) is 0 Å². The summed E-state index contributed by atoms with van der Waals surface area (Å²) >= 11 is 0. The Bertz CT molecular complexity index is 572. The zero-order valence-corrected chi connectivity index (χ0v) is 16.5. The Morgan fingerprint density at radius 1 is 1.07 bits per heavy atom. The summed E-state index contributed by atoms with van der Waals surface area (Å²) in [6.45, 7) is 4.40.